The van der Waals surface area contributed by atoms with Gasteiger partial charge in [-0.2, -0.15) is 0 Å². The Morgan fingerprint density at radius 3 is 0.855 bits per heavy atom. The van der Waals surface area contributed by atoms with Crippen molar-refractivity contribution >= 4 is 11.9 Å². The van der Waals surface area contributed by atoms with Crippen molar-refractivity contribution in [3.05, 3.63) is 24.3 Å². The lowest BCUT2D eigenvalue weighted by Gasteiger charge is -2.22. The SMILES string of the molecule is CCCCCCCCC/C=C\CCCCCCCCCC(=O)OCCCCCCCCCCCCCC/C=C\CCCCCCCCCCCCC(=O)NC(CO)C(O)CCCCCCCCCCCCCCCCCCCCCCCC. The molecule has 6 nitrogen and oxygen atoms in total. The van der Waals surface area contributed by atoms with Gasteiger partial charge in [-0.3, -0.25) is 9.59 Å². The van der Waals surface area contributed by atoms with Crippen LogP contribution in [0.15, 0.2) is 24.3 Å². The zero-order chi connectivity index (χ0) is 59.9. The highest BCUT2D eigenvalue weighted by atomic mass is 16.5. The summed E-state index contributed by atoms with van der Waals surface area (Å²) in [6, 6.07) is -0.544. The Morgan fingerprint density at radius 1 is 0.325 bits per heavy atom. The Kier molecular flexibility index (Phi) is 71.4. The summed E-state index contributed by atoms with van der Waals surface area (Å²) in [6.45, 7) is 5.00. The van der Waals surface area contributed by atoms with E-state index in [2.05, 4.69) is 43.5 Å². The smallest absolute Gasteiger partial charge is 0.305 e. The average molecular weight is 1170 g/mol. The Balaban J connectivity index is 3.38. The maximum absolute atomic E-state index is 12.6. The molecule has 83 heavy (non-hydrogen) atoms. The van der Waals surface area contributed by atoms with Crippen LogP contribution < -0.4 is 5.32 Å². The average Bonchev–Trinajstić information content (AvgIpc) is 3.49. The molecule has 0 heterocycles. The lowest BCUT2D eigenvalue weighted by Crippen LogP contribution is -2.45. The van der Waals surface area contributed by atoms with E-state index in [1.54, 1.807) is 0 Å². The fourth-order valence-corrected chi connectivity index (χ4v) is 12.2. The predicted molar refractivity (Wildman–Crippen MR) is 366 cm³/mol. The first-order valence-corrected chi connectivity index (χ1v) is 38.1. The van der Waals surface area contributed by atoms with Gasteiger partial charge in [0.25, 0.3) is 0 Å². The van der Waals surface area contributed by atoms with Gasteiger partial charge >= 0.3 is 5.97 Å². The molecule has 6 heteroatoms. The van der Waals surface area contributed by atoms with Gasteiger partial charge in [-0.15, -0.1) is 0 Å². The number of aliphatic hydroxyl groups is 2. The number of ether oxygens (including phenoxy) is 1. The van der Waals surface area contributed by atoms with E-state index in [9.17, 15) is 19.8 Å². The number of unbranched alkanes of at least 4 members (excludes halogenated alkanes) is 57. The van der Waals surface area contributed by atoms with Crippen LogP contribution in [0.1, 0.15) is 431 Å². The molecule has 0 aromatic heterocycles. The third kappa shape index (κ3) is 69.3. The number of hydrogen-bond acceptors (Lipinski definition) is 5. The van der Waals surface area contributed by atoms with Crippen molar-refractivity contribution in [1.82, 2.24) is 5.32 Å². The lowest BCUT2D eigenvalue weighted by atomic mass is 10.0. The molecule has 0 radical (unpaired) electrons. The number of amides is 1. The minimum Gasteiger partial charge on any atom is -0.466 e. The molecule has 0 aliphatic carbocycles. The van der Waals surface area contributed by atoms with E-state index in [-0.39, 0.29) is 18.5 Å². The molecule has 0 rings (SSSR count). The summed E-state index contributed by atoms with van der Waals surface area (Å²) in [7, 11) is 0. The van der Waals surface area contributed by atoms with Crippen LogP contribution >= 0.6 is 0 Å². The number of nitrogens with one attached hydrogen (secondary N) is 1. The van der Waals surface area contributed by atoms with Crippen LogP contribution in [0.2, 0.25) is 0 Å². The van der Waals surface area contributed by atoms with Gasteiger partial charge in [0.15, 0.2) is 0 Å². The summed E-state index contributed by atoms with van der Waals surface area (Å²) in [5.41, 5.74) is 0. The zero-order valence-corrected chi connectivity index (χ0v) is 56.5. The van der Waals surface area contributed by atoms with Crippen molar-refractivity contribution in [2.75, 3.05) is 13.2 Å². The van der Waals surface area contributed by atoms with E-state index in [1.807, 2.05) is 0 Å². The minimum absolute atomic E-state index is 0.0126. The molecule has 0 aliphatic heterocycles. The molecule has 2 atom stereocenters. The number of allylic oxidation sites excluding steroid dienone is 4. The molecule has 492 valence electrons. The van der Waals surface area contributed by atoms with Gasteiger partial charge in [-0.25, -0.2) is 0 Å². The van der Waals surface area contributed by atoms with Crippen molar-refractivity contribution in [3.8, 4) is 0 Å². The summed E-state index contributed by atoms with van der Waals surface area (Å²) in [6.07, 6.45) is 92.4. The maximum Gasteiger partial charge on any atom is 0.305 e. The molecular weight excluding hydrogens is 1020 g/mol. The van der Waals surface area contributed by atoms with Gasteiger partial charge in [-0.05, 0) is 77.0 Å². The van der Waals surface area contributed by atoms with E-state index in [1.165, 1.54) is 353 Å². The van der Waals surface area contributed by atoms with Crippen LogP contribution in [-0.2, 0) is 14.3 Å². The number of hydrogen-bond donors (Lipinski definition) is 3. The van der Waals surface area contributed by atoms with Crippen LogP contribution in [0.3, 0.4) is 0 Å². The Morgan fingerprint density at radius 2 is 0.566 bits per heavy atom. The number of carbonyl (C=O) groups is 2. The van der Waals surface area contributed by atoms with E-state index in [0.717, 1.165) is 44.9 Å². The molecule has 3 N–H and O–H groups in total. The number of aliphatic hydroxyl groups excluding tert-OH is 2. The monoisotopic (exact) mass is 1170 g/mol. The van der Waals surface area contributed by atoms with Crippen LogP contribution in [-0.4, -0.2) is 47.4 Å². The molecule has 0 spiro atoms. The highest BCUT2D eigenvalue weighted by molar-refractivity contribution is 5.76. The maximum atomic E-state index is 12.6. The van der Waals surface area contributed by atoms with Crippen molar-refractivity contribution < 1.29 is 24.5 Å². The Hall–Kier alpha value is -1.66. The van der Waals surface area contributed by atoms with Crippen molar-refractivity contribution in [2.24, 2.45) is 0 Å². The summed E-state index contributed by atoms with van der Waals surface area (Å²) in [5.74, 6) is -0.0193. The molecule has 0 saturated heterocycles. The third-order valence-corrected chi connectivity index (χ3v) is 18.0. The number of carbonyl (C=O) groups excluding carboxylic acids is 2. The fourth-order valence-electron chi connectivity index (χ4n) is 12.2. The Bertz CT molecular complexity index is 1300. The van der Waals surface area contributed by atoms with E-state index in [0.29, 0.717) is 25.9 Å². The summed E-state index contributed by atoms with van der Waals surface area (Å²) in [4.78, 5) is 24.7. The first kappa shape index (κ1) is 81.3. The second-order valence-electron chi connectivity index (χ2n) is 26.3. The summed E-state index contributed by atoms with van der Waals surface area (Å²) < 4.78 is 5.51. The van der Waals surface area contributed by atoms with Crippen molar-refractivity contribution in [2.45, 2.75) is 443 Å². The quantitative estimate of drug-likeness (QED) is 0.0320. The molecule has 0 aliphatic rings. The Labute approximate surface area is 520 Å². The highest BCUT2D eigenvalue weighted by Gasteiger charge is 2.20. The van der Waals surface area contributed by atoms with E-state index < -0.39 is 12.1 Å². The van der Waals surface area contributed by atoms with Gasteiger partial charge in [0, 0.05) is 12.8 Å². The van der Waals surface area contributed by atoms with Crippen LogP contribution in [0, 0.1) is 0 Å². The fraction of sp³-hybridized carbons (Fsp3) is 0.922. The van der Waals surface area contributed by atoms with E-state index in [4.69, 9.17) is 4.74 Å². The first-order chi connectivity index (χ1) is 41.0. The molecular formula is C77H149NO5. The van der Waals surface area contributed by atoms with Gasteiger partial charge < -0.3 is 20.3 Å². The molecule has 0 aromatic carbocycles. The zero-order valence-electron chi connectivity index (χ0n) is 56.5. The van der Waals surface area contributed by atoms with Gasteiger partial charge in [-0.1, -0.05) is 366 Å². The largest absolute Gasteiger partial charge is 0.466 e. The van der Waals surface area contributed by atoms with Crippen LogP contribution in [0.5, 0.6) is 0 Å². The van der Waals surface area contributed by atoms with Gasteiger partial charge in [0.2, 0.25) is 5.91 Å². The molecule has 0 aromatic rings. The summed E-state index contributed by atoms with van der Waals surface area (Å²) in [5, 5.41) is 23.4. The van der Waals surface area contributed by atoms with Crippen LogP contribution in [0.4, 0.5) is 0 Å². The molecule has 2 unspecified atom stereocenters. The second-order valence-corrected chi connectivity index (χ2v) is 26.3. The lowest BCUT2D eigenvalue weighted by molar-refractivity contribution is -0.143. The van der Waals surface area contributed by atoms with Crippen molar-refractivity contribution in [1.29, 1.82) is 0 Å². The second kappa shape index (κ2) is 72.8. The minimum atomic E-state index is -0.667. The predicted octanol–water partition coefficient (Wildman–Crippen LogP) is 24.9. The molecule has 0 fully saturated rings. The first-order valence-electron chi connectivity index (χ1n) is 38.1. The summed E-state index contributed by atoms with van der Waals surface area (Å²) >= 11 is 0. The van der Waals surface area contributed by atoms with Crippen LogP contribution in [0.25, 0.3) is 0 Å². The third-order valence-electron chi connectivity index (χ3n) is 18.0. The normalized spacial score (nSPS) is 12.6. The van der Waals surface area contributed by atoms with E-state index >= 15 is 0 Å². The number of rotatable bonds is 72. The van der Waals surface area contributed by atoms with Gasteiger partial charge in [0.1, 0.15) is 0 Å². The van der Waals surface area contributed by atoms with Gasteiger partial charge in [0.05, 0.1) is 25.4 Å². The molecule has 1 amide bonds. The topological polar surface area (TPSA) is 95.9 Å². The molecule has 0 saturated carbocycles. The number of esters is 1. The molecule has 0 bridgehead atoms. The highest BCUT2D eigenvalue weighted by Crippen LogP contribution is 2.19. The standard InChI is InChI=1S/C77H149NO5/c1-3-5-7-9-11-13-15-17-19-21-23-24-31-34-37-41-45-49-53-57-61-65-69-75(80)74(73-79)78-76(81)70-66-62-58-54-50-46-42-38-35-32-29-27-25-26-28-30-33-36-40-44-48-52-56-60-64-68-72-83-77(82)71-67-63-59-55-51-47-43-39-22-20-18-16-14-12-10-8-6-4-2/h20,22,25,27,74-75,79-80H,3-19,21,23-24,26,28-73H2,1-2H3,(H,78,81)/b22-20-,27-25-. The van der Waals surface area contributed by atoms with Crippen molar-refractivity contribution in [3.63, 3.8) is 0 Å².